The molecule has 0 aromatic heterocycles. The molecule has 9 heteroatoms. The Morgan fingerprint density at radius 2 is 1.10 bits per heavy atom. The summed E-state index contributed by atoms with van der Waals surface area (Å²) >= 11 is 10.2. The summed E-state index contributed by atoms with van der Waals surface area (Å²) in [5, 5.41) is 11.2. The van der Waals surface area contributed by atoms with E-state index in [1.807, 2.05) is 31.2 Å². The Labute approximate surface area is 199 Å². The number of urea groups is 2. The summed E-state index contributed by atoms with van der Waals surface area (Å²) in [4.78, 5) is 24.8. The van der Waals surface area contributed by atoms with E-state index >= 15 is 0 Å². The molecule has 3 rings (SSSR count). The first-order valence-corrected chi connectivity index (χ1v) is 11.2. The number of benzene rings is 3. The van der Waals surface area contributed by atoms with Gasteiger partial charge in [0.1, 0.15) is 0 Å². The SMILES string of the molecule is Cc1c(NC(=O)Nc2ccc(Br)cc2)ccc(Br)c1NC(=O)Nc1ccc(Br)cc1. The lowest BCUT2D eigenvalue weighted by Gasteiger charge is -2.16. The molecular weight excluding hydrogens is 580 g/mol. The minimum absolute atomic E-state index is 0.381. The fraction of sp³-hybridized carbons (Fsp3) is 0.0476. The van der Waals surface area contributed by atoms with Crippen molar-refractivity contribution in [3.63, 3.8) is 0 Å². The minimum Gasteiger partial charge on any atom is -0.308 e. The van der Waals surface area contributed by atoms with Crippen molar-refractivity contribution in [1.82, 2.24) is 0 Å². The number of anilines is 4. The molecule has 0 radical (unpaired) electrons. The molecule has 4 amide bonds. The van der Waals surface area contributed by atoms with E-state index in [1.54, 1.807) is 36.4 Å². The highest BCUT2D eigenvalue weighted by Crippen LogP contribution is 2.32. The third kappa shape index (κ3) is 6.07. The molecule has 30 heavy (non-hydrogen) atoms. The number of nitrogens with one attached hydrogen (secondary N) is 4. The molecule has 0 aliphatic carbocycles. The summed E-state index contributed by atoms with van der Waals surface area (Å²) in [6.45, 7) is 1.81. The molecule has 0 fully saturated rings. The van der Waals surface area contributed by atoms with E-state index in [1.165, 1.54) is 0 Å². The number of hydrogen-bond donors (Lipinski definition) is 4. The first-order chi connectivity index (χ1) is 14.3. The van der Waals surface area contributed by atoms with Crippen molar-refractivity contribution >= 4 is 82.6 Å². The second-order valence-corrected chi connectivity index (χ2v) is 8.95. The highest BCUT2D eigenvalue weighted by Gasteiger charge is 2.14. The second-order valence-electron chi connectivity index (χ2n) is 6.27. The summed E-state index contributed by atoms with van der Waals surface area (Å²) in [6.07, 6.45) is 0. The Bertz CT molecular complexity index is 1070. The van der Waals surface area contributed by atoms with Crippen LogP contribution in [0.2, 0.25) is 0 Å². The Balaban J connectivity index is 1.69. The largest absolute Gasteiger partial charge is 0.323 e. The Morgan fingerprint density at radius 3 is 1.60 bits per heavy atom. The zero-order chi connectivity index (χ0) is 21.7. The van der Waals surface area contributed by atoms with Crippen molar-refractivity contribution < 1.29 is 9.59 Å². The molecule has 0 bridgehead atoms. The molecule has 0 atom stereocenters. The van der Waals surface area contributed by atoms with E-state index in [0.29, 0.717) is 32.8 Å². The Hall–Kier alpha value is -2.36. The van der Waals surface area contributed by atoms with Gasteiger partial charge in [0.25, 0.3) is 0 Å². The van der Waals surface area contributed by atoms with Gasteiger partial charge in [0.2, 0.25) is 0 Å². The van der Waals surface area contributed by atoms with Crippen molar-refractivity contribution in [2.24, 2.45) is 0 Å². The van der Waals surface area contributed by atoms with E-state index in [2.05, 4.69) is 69.1 Å². The molecule has 0 unspecified atom stereocenters. The van der Waals surface area contributed by atoms with Crippen LogP contribution in [0, 0.1) is 6.92 Å². The van der Waals surface area contributed by atoms with E-state index < -0.39 is 6.03 Å². The summed E-state index contributed by atoms with van der Waals surface area (Å²) in [5.74, 6) is 0. The topological polar surface area (TPSA) is 82.3 Å². The van der Waals surface area contributed by atoms with Crippen LogP contribution >= 0.6 is 47.8 Å². The third-order valence-corrected chi connectivity index (χ3v) is 5.82. The third-order valence-electron chi connectivity index (χ3n) is 4.11. The van der Waals surface area contributed by atoms with E-state index in [0.717, 1.165) is 8.95 Å². The summed E-state index contributed by atoms with van der Waals surface area (Å²) in [5.41, 5.74) is 3.17. The van der Waals surface area contributed by atoms with Gasteiger partial charge in [-0.3, -0.25) is 0 Å². The predicted molar refractivity (Wildman–Crippen MR) is 132 cm³/mol. The lowest BCUT2D eigenvalue weighted by molar-refractivity contribution is 0.261. The van der Waals surface area contributed by atoms with Crippen LogP contribution < -0.4 is 21.3 Å². The average Bonchev–Trinajstić information content (AvgIpc) is 2.71. The fourth-order valence-electron chi connectivity index (χ4n) is 2.59. The van der Waals surface area contributed by atoms with Crippen molar-refractivity contribution in [3.05, 3.63) is 79.6 Å². The van der Waals surface area contributed by atoms with Crippen LogP contribution in [0.3, 0.4) is 0 Å². The fourth-order valence-corrected chi connectivity index (χ4v) is 3.65. The molecule has 6 nitrogen and oxygen atoms in total. The number of amides is 4. The highest BCUT2D eigenvalue weighted by atomic mass is 79.9. The van der Waals surface area contributed by atoms with Crippen molar-refractivity contribution in [2.75, 3.05) is 21.3 Å². The van der Waals surface area contributed by atoms with Gasteiger partial charge in [-0.2, -0.15) is 0 Å². The number of halogens is 3. The first kappa shape index (κ1) is 22.3. The monoisotopic (exact) mass is 594 g/mol. The standard InChI is InChI=1S/C21H17Br3N4O2/c1-12-18(27-20(29)25-15-6-2-13(22)3-7-15)11-10-17(24)19(12)28-21(30)26-16-8-4-14(23)5-9-16/h2-11H,1H3,(H2,25,27,29)(H2,26,28,30). The van der Waals surface area contributed by atoms with E-state index in [-0.39, 0.29) is 6.03 Å². The summed E-state index contributed by atoms with van der Waals surface area (Å²) in [6, 6.07) is 17.3. The van der Waals surface area contributed by atoms with Crippen molar-refractivity contribution in [3.8, 4) is 0 Å². The molecule has 3 aromatic rings. The molecule has 4 N–H and O–H groups in total. The van der Waals surface area contributed by atoms with Gasteiger partial charge in [-0.15, -0.1) is 0 Å². The number of hydrogen-bond acceptors (Lipinski definition) is 2. The maximum Gasteiger partial charge on any atom is 0.323 e. The Kier molecular flexibility index (Phi) is 7.52. The number of carbonyl (C=O) groups excluding carboxylic acids is 2. The Morgan fingerprint density at radius 1 is 0.633 bits per heavy atom. The van der Waals surface area contributed by atoms with Crippen LogP contribution in [0.1, 0.15) is 5.56 Å². The molecule has 0 saturated heterocycles. The van der Waals surface area contributed by atoms with Gasteiger partial charge in [0.15, 0.2) is 0 Å². The predicted octanol–water partition coefficient (Wildman–Crippen LogP) is 7.57. The maximum atomic E-state index is 12.4. The van der Waals surface area contributed by atoms with Crippen LogP contribution in [0.25, 0.3) is 0 Å². The van der Waals surface area contributed by atoms with Gasteiger partial charge in [-0.05, 0) is 89.1 Å². The van der Waals surface area contributed by atoms with Crippen molar-refractivity contribution in [1.29, 1.82) is 0 Å². The molecule has 0 aliphatic rings. The normalized spacial score (nSPS) is 10.3. The zero-order valence-electron chi connectivity index (χ0n) is 15.7. The van der Waals surface area contributed by atoms with E-state index in [9.17, 15) is 9.59 Å². The lowest BCUT2D eigenvalue weighted by atomic mass is 10.1. The lowest BCUT2D eigenvalue weighted by Crippen LogP contribution is -2.22. The highest BCUT2D eigenvalue weighted by molar-refractivity contribution is 9.11. The first-order valence-electron chi connectivity index (χ1n) is 8.78. The van der Waals surface area contributed by atoms with Gasteiger partial charge in [-0.25, -0.2) is 9.59 Å². The molecule has 0 spiro atoms. The van der Waals surface area contributed by atoms with E-state index in [4.69, 9.17) is 0 Å². The maximum absolute atomic E-state index is 12.4. The van der Waals surface area contributed by atoms with Crippen LogP contribution in [-0.2, 0) is 0 Å². The number of carbonyl (C=O) groups is 2. The van der Waals surface area contributed by atoms with Gasteiger partial charge in [-0.1, -0.05) is 31.9 Å². The van der Waals surface area contributed by atoms with Crippen molar-refractivity contribution in [2.45, 2.75) is 6.92 Å². The van der Waals surface area contributed by atoms with Crippen LogP contribution in [-0.4, -0.2) is 12.1 Å². The van der Waals surface area contributed by atoms with Crippen LogP contribution in [0.4, 0.5) is 32.3 Å². The second kappa shape index (κ2) is 10.1. The molecule has 0 saturated carbocycles. The van der Waals surface area contributed by atoms with Gasteiger partial charge in [0, 0.05) is 30.5 Å². The zero-order valence-corrected chi connectivity index (χ0v) is 20.5. The molecule has 3 aromatic carbocycles. The molecule has 0 heterocycles. The van der Waals surface area contributed by atoms with Gasteiger partial charge >= 0.3 is 12.1 Å². The molecule has 154 valence electrons. The molecular formula is C21H17Br3N4O2. The van der Waals surface area contributed by atoms with Crippen LogP contribution in [0.15, 0.2) is 74.1 Å². The van der Waals surface area contributed by atoms with Gasteiger partial charge in [0.05, 0.1) is 5.69 Å². The average molecular weight is 597 g/mol. The van der Waals surface area contributed by atoms with Gasteiger partial charge < -0.3 is 21.3 Å². The molecule has 0 aliphatic heterocycles. The van der Waals surface area contributed by atoms with Crippen LogP contribution in [0.5, 0.6) is 0 Å². The summed E-state index contributed by atoms with van der Waals surface area (Å²) in [7, 11) is 0. The quantitative estimate of drug-likeness (QED) is 0.250. The summed E-state index contributed by atoms with van der Waals surface area (Å²) < 4.78 is 2.55. The minimum atomic E-state index is -0.391. The number of rotatable bonds is 4. The smallest absolute Gasteiger partial charge is 0.308 e.